The monoisotopic (exact) mass is 298 g/mol. The van der Waals surface area contributed by atoms with E-state index in [1.807, 2.05) is 37.3 Å². The molecule has 112 valence electrons. The van der Waals surface area contributed by atoms with Crippen molar-refractivity contribution < 1.29 is 4.79 Å². The van der Waals surface area contributed by atoms with Crippen LogP contribution >= 0.6 is 0 Å². The summed E-state index contributed by atoms with van der Waals surface area (Å²) in [6.07, 6.45) is 1.34. The van der Waals surface area contributed by atoms with Crippen molar-refractivity contribution in [1.29, 1.82) is 0 Å². The third-order valence-corrected chi connectivity index (χ3v) is 3.12. The number of nitrogens with one attached hydrogen (secondary N) is 1. The Morgan fingerprint density at radius 1 is 1.27 bits per heavy atom. The summed E-state index contributed by atoms with van der Waals surface area (Å²) < 4.78 is 2.71. The topological polar surface area (TPSA) is 94.7 Å². The molecule has 2 heterocycles. The lowest BCUT2D eigenvalue weighted by atomic mass is 10.3. The van der Waals surface area contributed by atoms with Gasteiger partial charge < -0.3 is 5.32 Å². The fourth-order valence-electron chi connectivity index (χ4n) is 2.11. The van der Waals surface area contributed by atoms with Crippen molar-refractivity contribution in [3.05, 3.63) is 47.0 Å². The van der Waals surface area contributed by atoms with Crippen LogP contribution in [0.4, 0.5) is 0 Å². The maximum absolute atomic E-state index is 12.3. The van der Waals surface area contributed by atoms with Crippen LogP contribution in [0.3, 0.4) is 0 Å². The second kappa shape index (κ2) is 5.76. The van der Waals surface area contributed by atoms with E-state index >= 15 is 0 Å². The van der Waals surface area contributed by atoms with Gasteiger partial charge in [0.2, 0.25) is 5.91 Å². The molecule has 0 radical (unpaired) electrons. The summed E-state index contributed by atoms with van der Waals surface area (Å²) in [6.45, 7) is 2.23. The summed E-state index contributed by atoms with van der Waals surface area (Å²) in [5.41, 5.74) is 0.871. The molecule has 0 aliphatic heterocycles. The maximum Gasteiger partial charge on any atom is 0.284 e. The van der Waals surface area contributed by atoms with Crippen molar-refractivity contribution >= 4 is 17.1 Å². The van der Waals surface area contributed by atoms with Gasteiger partial charge in [0.25, 0.3) is 5.56 Å². The molecule has 0 atom stereocenters. The number of nitrogens with zero attached hydrogens (tertiary/aromatic N) is 5. The number of carbonyl (C=O) groups excluding carboxylic acids is 1. The largest absolute Gasteiger partial charge is 0.355 e. The first kappa shape index (κ1) is 13.9. The molecule has 8 nitrogen and oxygen atoms in total. The van der Waals surface area contributed by atoms with Crippen molar-refractivity contribution in [3.63, 3.8) is 0 Å². The average Bonchev–Trinajstić information content (AvgIpc) is 2.96. The number of hydrogen-bond acceptors (Lipinski definition) is 5. The van der Waals surface area contributed by atoms with E-state index in [9.17, 15) is 9.59 Å². The summed E-state index contributed by atoms with van der Waals surface area (Å²) >= 11 is 0. The number of rotatable bonds is 4. The van der Waals surface area contributed by atoms with Crippen LogP contribution in [-0.2, 0) is 11.3 Å². The van der Waals surface area contributed by atoms with E-state index in [2.05, 4.69) is 20.6 Å². The van der Waals surface area contributed by atoms with E-state index in [1.54, 1.807) is 0 Å². The highest BCUT2D eigenvalue weighted by Crippen LogP contribution is 2.10. The molecule has 2 aromatic heterocycles. The van der Waals surface area contributed by atoms with Crippen LogP contribution in [0.25, 0.3) is 16.9 Å². The van der Waals surface area contributed by atoms with Crippen LogP contribution < -0.4 is 10.9 Å². The van der Waals surface area contributed by atoms with Crippen molar-refractivity contribution in [3.8, 4) is 5.69 Å². The van der Waals surface area contributed by atoms with Crippen molar-refractivity contribution in [2.75, 3.05) is 6.54 Å². The van der Waals surface area contributed by atoms with Gasteiger partial charge in [-0.25, -0.2) is 4.98 Å². The molecule has 0 aliphatic carbocycles. The van der Waals surface area contributed by atoms with Gasteiger partial charge in [-0.1, -0.05) is 23.4 Å². The van der Waals surface area contributed by atoms with Gasteiger partial charge in [0, 0.05) is 6.54 Å². The van der Waals surface area contributed by atoms with Gasteiger partial charge in [-0.3, -0.25) is 14.2 Å². The Morgan fingerprint density at radius 2 is 2.05 bits per heavy atom. The van der Waals surface area contributed by atoms with Crippen molar-refractivity contribution in [2.45, 2.75) is 13.5 Å². The Kier molecular flexibility index (Phi) is 3.65. The third-order valence-electron chi connectivity index (χ3n) is 3.12. The van der Waals surface area contributed by atoms with Gasteiger partial charge in [-0.2, -0.15) is 4.68 Å². The standard InChI is InChI=1S/C14H14N6O2/c1-2-15-11(21)8-19-9-16-13-12(14(19)22)17-18-20(13)10-6-4-3-5-7-10/h3-7,9H,2,8H2,1H3,(H,15,21). The van der Waals surface area contributed by atoms with Crippen LogP contribution in [0.15, 0.2) is 41.5 Å². The molecule has 3 rings (SSSR count). The summed E-state index contributed by atoms with van der Waals surface area (Å²) in [4.78, 5) is 28.1. The molecule has 8 heteroatoms. The molecule has 1 aromatic carbocycles. The number of hydrogen-bond donors (Lipinski definition) is 1. The highest BCUT2D eigenvalue weighted by atomic mass is 16.2. The molecule has 0 bridgehead atoms. The van der Waals surface area contributed by atoms with Crippen molar-refractivity contribution in [2.24, 2.45) is 0 Å². The maximum atomic E-state index is 12.3. The average molecular weight is 298 g/mol. The zero-order chi connectivity index (χ0) is 15.5. The molecular formula is C14H14N6O2. The van der Waals surface area contributed by atoms with E-state index in [0.717, 1.165) is 5.69 Å². The molecule has 0 unspecified atom stereocenters. The Morgan fingerprint density at radius 3 is 2.77 bits per heavy atom. The zero-order valence-electron chi connectivity index (χ0n) is 11.9. The molecule has 0 saturated carbocycles. The minimum Gasteiger partial charge on any atom is -0.355 e. The first-order valence-electron chi connectivity index (χ1n) is 6.83. The number of fused-ring (bicyclic) bond motifs is 1. The lowest BCUT2D eigenvalue weighted by Crippen LogP contribution is -2.32. The Labute approximate surface area is 125 Å². The predicted molar refractivity (Wildman–Crippen MR) is 79.6 cm³/mol. The molecule has 1 N–H and O–H groups in total. The molecule has 0 fully saturated rings. The van der Waals surface area contributed by atoms with E-state index < -0.39 is 5.56 Å². The van der Waals surface area contributed by atoms with E-state index in [1.165, 1.54) is 15.6 Å². The second-order valence-electron chi connectivity index (χ2n) is 4.64. The van der Waals surface area contributed by atoms with Crippen LogP contribution in [0.1, 0.15) is 6.92 Å². The third kappa shape index (κ3) is 2.46. The number of benzene rings is 1. The van der Waals surface area contributed by atoms with Gasteiger partial charge in [0.15, 0.2) is 11.2 Å². The van der Waals surface area contributed by atoms with Crippen LogP contribution in [-0.4, -0.2) is 37.0 Å². The quantitative estimate of drug-likeness (QED) is 0.738. The lowest BCUT2D eigenvalue weighted by Gasteiger charge is -2.05. The molecule has 0 spiro atoms. The van der Waals surface area contributed by atoms with Gasteiger partial charge in [0.05, 0.1) is 5.69 Å². The van der Waals surface area contributed by atoms with Crippen molar-refractivity contribution in [1.82, 2.24) is 29.9 Å². The minimum atomic E-state index is -0.390. The Balaban J connectivity index is 2.04. The van der Waals surface area contributed by atoms with Crippen LogP contribution in [0, 0.1) is 0 Å². The molecular weight excluding hydrogens is 284 g/mol. The van der Waals surface area contributed by atoms with E-state index in [0.29, 0.717) is 12.2 Å². The Hall–Kier alpha value is -3.03. The fourth-order valence-corrected chi connectivity index (χ4v) is 2.11. The van der Waals surface area contributed by atoms with E-state index in [4.69, 9.17) is 0 Å². The SMILES string of the molecule is CCNC(=O)Cn1cnc2c(nnn2-c2ccccc2)c1=O. The number of amides is 1. The van der Waals surface area contributed by atoms with E-state index in [-0.39, 0.29) is 18.0 Å². The number of para-hydroxylation sites is 1. The molecule has 22 heavy (non-hydrogen) atoms. The zero-order valence-corrected chi connectivity index (χ0v) is 11.9. The van der Waals surface area contributed by atoms with Gasteiger partial charge in [0.1, 0.15) is 12.9 Å². The van der Waals surface area contributed by atoms with Gasteiger partial charge >= 0.3 is 0 Å². The first-order valence-corrected chi connectivity index (χ1v) is 6.83. The normalized spacial score (nSPS) is 10.8. The molecule has 0 saturated heterocycles. The minimum absolute atomic E-state index is 0.0895. The fraction of sp³-hybridized carbons (Fsp3) is 0.214. The number of likely N-dealkylation sites (N-methyl/N-ethyl adjacent to an activating group) is 1. The summed E-state index contributed by atoms with van der Waals surface area (Å²) in [7, 11) is 0. The summed E-state index contributed by atoms with van der Waals surface area (Å²) in [5, 5.41) is 10.5. The molecule has 1 amide bonds. The van der Waals surface area contributed by atoms with Gasteiger partial charge in [-0.15, -0.1) is 5.10 Å². The lowest BCUT2D eigenvalue weighted by molar-refractivity contribution is -0.121. The summed E-state index contributed by atoms with van der Waals surface area (Å²) in [6, 6.07) is 9.29. The highest BCUT2D eigenvalue weighted by Gasteiger charge is 2.14. The van der Waals surface area contributed by atoms with Gasteiger partial charge in [-0.05, 0) is 19.1 Å². The molecule has 3 aromatic rings. The predicted octanol–water partition coefficient (Wildman–Crippen LogP) is 0.113. The first-order chi connectivity index (χ1) is 10.7. The smallest absolute Gasteiger partial charge is 0.284 e. The second-order valence-corrected chi connectivity index (χ2v) is 4.64. The number of aromatic nitrogens is 5. The summed E-state index contributed by atoms with van der Waals surface area (Å²) in [5.74, 6) is -0.249. The number of carbonyl (C=O) groups is 1. The van der Waals surface area contributed by atoms with Crippen LogP contribution in [0.2, 0.25) is 0 Å². The molecule has 0 aliphatic rings. The highest BCUT2D eigenvalue weighted by molar-refractivity contribution is 5.76. The van der Waals surface area contributed by atoms with Crippen LogP contribution in [0.5, 0.6) is 0 Å². The Bertz CT molecular complexity index is 868.